The number of hydrogen-bond acceptors (Lipinski definition) is 2. The number of nitrogens with zero attached hydrogens (tertiary/aromatic N) is 3. The summed E-state index contributed by atoms with van der Waals surface area (Å²) in [4.78, 5) is 4.40. The predicted molar refractivity (Wildman–Crippen MR) is 110 cm³/mol. The molecule has 0 fully saturated rings. The average Bonchev–Trinajstić information content (AvgIpc) is 2.88. The van der Waals surface area contributed by atoms with Crippen molar-refractivity contribution in [1.29, 1.82) is 0 Å². The van der Waals surface area contributed by atoms with E-state index in [1.807, 2.05) is 31.3 Å². The van der Waals surface area contributed by atoms with E-state index in [1.165, 1.54) is 17.7 Å². The molecule has 2 aromatic carbocycles. The summed E-state index contributed by atoms with van der Waals surface area (Å²) < 4.78 is 17.3. The van der Waals surface area contributed by atoms with E-state index in [9.17, 15) is 4.39 Å². The summed E-state index contributed by atoms with van der Waals surface area (Å²) in [5, 5.41) is 3.19. The van der Waals surface area contributed by atoms with Crippen molar-refractivity contribution < 1.29 is 23.7 Å². The molecule has 1 heterocycles. The maximum atomic E-state index is 12.4. The summed E-state index contributed by atoms with van der Waals surface area (Å²) >= 11 is 6.55. The van der Waals surface area contributed by atoms with Crippen LogP contribution in [0.25, 0.3) is 0 Å². The van der Waals surface area contributed by atoms with Crippen LogP contribution < -0.4 is 0 Å². The summed E-state index contributed by atoms with van der Waals surface area (Å²) in [5.74, 6) is 0.825. The molecule has 0 aliphatic carbocycles. The van der Waals surface area contributed by atoms with E-state index < -0.39 is 0 Å². The van der Waals surface area contributed by atoms with Crippen molar-refractivity contribution >= 4 is 45.7 Å². The van der Waals surface area contributed by atoms with Gasteiger partial charge in [0, 0.05) is 52.3 Å². The number of rotatable bonds is 4. The van der Waals surface area contributed by atoms with E-state index in [-0.39, 0.29) is 5.82 Å². The second-order valence-electron chi connectivity index (χ2n) is 5.22. The Hall–Kier alpha value is -0.382. The van der Waals surface area contributed by atoms with Crippen LogP contribution >= 0.6 is 45.7 Å². The van der Waals surface area contributed by atoms with Gasteiger partial charge < -0.3 is 0 Å². The maximum Gasteiger partial charge on any atom is 0.123 e. The monoisotopic (exact) mass is 745 g/mol. The molecule has 25 heavy (non-hydrogen) atoms. The molecule has 136 valence electrons. The fraction of sp³-hybridized carbons (Fsp3) is 0.176. The summed E-state index contributed by atoms with van der Waals surface area (Å²) in [7, 11) is 1.96. The Morgan fingerprint density at radius 2 is 1.72 bits per heavy atom. The topological polar surface area (TPSA) is 36.9 Å². The Bertz CT molecular complexity index is 832. The van der Waals surface area contributed by atoms with Gasteiger partial charge in [-0.2, -0.15) is 1.33 Å². The van der Waals surface area contributed by atoms with Crippen LogP contribution in [0, 0.1) is 9.62 Å². The zero-order valence-electron chi connectivity index (χ0n) is 13.4. The minimum atomic E-state index is -0.179. The zero-order valence-corrected chi connectivity index (χ0v) is 20.0. The number of aryl methyl sites for hydroxylation is 1. The number of halogens is 3. The van der Waals surface area contributed by atoms with Crippen molar-refractivity contribution in [2.75, 3.05) is 0 Å². The molecule has 0 radical (unpaired) electrons. The van der Waals surface area contributed by atoms with Crippen molar-refractivity contribution in [3.05, 3.63) is 81.2 Å². The molecule has 0 unspecified atom stereocenters. The second-order valence-corrected chi connectivity index (χ2v) is 10.4. The normalized spacial score (nSPS) is 10.5. The molecular formula is C17H17FI2N4Pt. The van der Waals surface area contributed by atoms with Crippen molar-refractivity contribution in [3.63, 3.8) is 0 Å². The van der Waals surface area contributed by atoms with Gasteiger partial charge in [-0.15, -0.1) is 0 Å². The molecule has 0 aliphatic heterocycles. The first-order valence-corrected chi connectivity index (χ1v) is 10.5. The van der Waals surface area contributed by atoms with Gasteiger partial charge in [-0.05, 0) is 17.7 Å². The number of aromatic nitrogens is 3. The largest absolute Gasteiger partial charge is 0.207 e. The molecule has 0 saturated carbocycles. The molecule has 0 saturated heterocycles. The first-order chi connectivity index (χ1) is 11.9. The van der Waals surface area contributed by atoms with E-state index in [1.54, 1.807) is 12.1 Å². The number of hydrogen-bond donors (Lipinski definition) is 1. The van der Waals surface area contributed by atoms with Crippen LogP contribution in [0.4, 0.5) is 4.39 Å². The van der Waals surface area contributed by atoms with Gasteiger partial charge in [0.05, 0.1) is 0 Å². The Labute approximate surface area is 185 Å². The third-order valence-electron chi connectivity index (χ3n) is 3.20. The summed E-state index contributed by atoms with van der Waals surface area (Å²) in [6, 6.07) is 16.9. The van der Waals surface area contributed by atoms with Crippen molar-refractivity contribution in [3.8, 4) is 0 Å². The first kappa shape index (κ1) is 20.9. The average molecular weight is 745 g/mol. The molecular weight excluding hydrogens is 728 g/mol. The van der Waals surface area contributed by atoms with Crippen LogP contribution in [0.3, 0.4) is 0 Å². The van der Waals surface area contributed by atoms with Gasteiger partial charge in [0.25, 0.3) is 0 Å². The molecule has 1 N–H and O–H groups in total. The van der Waals surface area contributed by atoms with Crippen molar-refractivity contribution in [1.82, 2.24) is 16.1 Å². The van der Waals surface area contributed by atoms with E-state index in [0.717, 1.165) is 28.2 Å². The number of H-pyrrole nitrogens is 1. The number of benzene rings is 2. The van der Waals surface area contributed by atoms with Gasteiger partial charge >= 0.3 is 93.1 Å². The Balaban J connectivity index is 0.000000186. The van der Waals surface area contributed by atoms with Crippen LogP contribution in [-0.2, 0) is 39.4 Å². The Morgan fingerprint density at radius 3 is 2.24 bits per heavy atom. The SMILES string of the molecule is Cn1[nH]c(Cc2ccccc2)n[c]1=[Pt].Fc1ccc(CN(I)I)cc1. The van der Waals surface area contributed by atoms with Crippen LogP contribution in [0.5, 0.6) is 0 Å². The molecule has 1 aromatic heterocycles. The summed E-state index contributed by atoms with van der Waals surface area (Å²) in [6.07, 6.45) is 0.859. The molecule has 0 aliphatic rings. The minimum Gasteiger partial charge on any atom is -0.207 e. The molecule has 3 rings (SSSR count). The van der Waals surface area contributed by atoms with Gasteiger partial charge in [0.15, 0.2) is 0 Å². The smallest absolute Gasteiger partial charge is 0.123 e. The van der Waals surface area contributed by atoms with E-state index in [4.69, 9.17) is 0 Å². The minimum absolute atomic E-state index is 0.179. The van der Waals surface area contributed by atoms with Crippen molar-refractivity contribution in [2.45, 2.75) is 13.0 Å². The quantitative estimate of drug-likeness (QED) is 0.310. The third-order valence-corrected chi connectivity index (χ3v) is 4.90. The summed E-state index contributed by atoms with van der Waals surface area (Å²) in [5.41, 5.74) is 2.40. The van der Waals surface area contributed by atoms with Gasteiger partial charge in [-0.3, -0.25) is 0 Å². The molecule has 0 spiro atoms. The second kappa shape index (κ2) is 10.7. The number of aromatic amines is 1. The molecule has 3 aromatic rings. The van der Waals surface area contributed by atoms with E-state index in [0.29, 0.717) is 0 Å². The van der Waals surface area contributed by atoms with Crippen LogP contribution in [0.1, 0.15) is 17.0 Å². The molecule has 0 bridgehead atoms. The van der Waals surface area contributed by atoms with Crippen molar-refractivity contribution in [2.24, 2.45) is 7.05 Å². The van der Waals surface area contributed by atoms with Gasteiger partial charge in [0.2, 0.25) is 0 Å². The zero-order chi connectivity index (χ0) is 18.2. The fourth-order valence-corrected chi connectivity index (χ4v) is 3.26. The van der Waals surface area contributed by atoms with Crippen LogP contribution in [-0.4, -0.2) is 16.1 Å². The third kappa shape index (κ3) is 7.80. The van der Waals surface area contributed by atoms with E-state index >= 15 is 0 Å². The Morgan fingerprint density at radius 1 is 1.08 bits per heavy atom. The molecule has 8 heteroatoms. The van der Waals surface area contributed by atoms with Gasteiger partial charge in [-0.25, -0.2) is 4.39 Å². The van der Waals surface area contributed by atoms with Gasteiger partial charge in [-0.1, -0.05) is 12.1 Å². The number of nitrogens with one attached hydrogen (secondary N) is 1. The first-order valence-electron chi connectivity index (χ1n) is 7.39. The molecule has 0 amide bonds. The Kier molecular flexibility index (Phi) is 8.95. The maximum absolute atomic E-state index is 12.4. The van der Waals surface area contributed by atoms with Gasteiger partial charge in [0.1, 0.15) is 5.82 Å². The van der Waals surface area contributed by atoms with Crippen LogP contribution in [0.15, 0.2) is 54.6 Å². The fourth-order valence-electron chi connectivity index (χ4n) is 2.04. The molecule has 0 atom stereocenters. The standard InChI is InChI=1S/C10H11N3.C7H6FI2N.Pt/c1-13-8-11-10(12-13)7-9-5-3-2-4-6-9;8-7-3-1-6(2-4-7)5-11(9)10;/h2-6H,7H2,1H3,(H,11,12);1-4H,5H2;. The van der Waals surface area contributed by atoms with Crippen LogP contribution in [0.2, 0.25) is 0 Å². The molecule has 4 nitrogen and oxygen atoms in total. The summed E-state index contributed by atoms with van der Waals surface area (Å²) in [6.45, 7) is 0.835. The van der Waals surface area contributed by atoms with E-state index in [2.05, 4.69) is 87.3 Å². The predicted octanol–water partition coefficient (Wildman–Crippen LogP) is 4.75.